The summed E-state index contributed by atoms with van der Waals surface area (Å²) >= 11 is 1.81. The molecule has 0 amide bonds. The van der Waals surface area contributed by atoms with E-state index in [0.717, 1.165) is 23.2 Å². The summed E-state index contributed by atoms with van der Waals surface area (Å²) < 4.78 is 1.22. The molecule has 1 aliphatic carbocycles. The van der Waals surface area contributed by atoms with E-state index in [4.69, 9.17) is 10.7 Å². The van der Waals surface area contributed by atoms with Gasteiger partial charge >= 0.3 is 0 Å². The minimum absolute atomic E-state index is 0.732. The predicted molar refractivity (Wildman–Crippen MR) is 86.4 cm³/mol. The minimum atomic E-state index is 0.732. The Morgan fingerprint density at radius 3 is 2.85 bits per heavy atom. The quantitative estimate of drug-likeness (QED) is 0.848. The Kier molecular flexibility index (Phi) is 3.06. The van der Waals surface area contributed by atoms with Gasteiger partial charge in [-0.25, -0.2) is 4.98 Å². The van der Waals surface area contributed by atoms with Gasteiger partial charge in [0.05, 0.1) is 10.2 Å². The number of benzene rings is 1. The minimum Gasteiger partial charge on any atom is -0.399 e. The highest BCUT2D eigenvalue weighted by Crippen LogP contribution is 2.40. The number of rotatable bonds is 2. The van der Waals surface area contributed by atoms with E-state index in [1.54, 1.807) is 11.3 Å². The van der Waals surface area contributed by atoms with Crippen LogP contribution in [-0.2, 0) is 0 Å². The zero-order valence-electron chi connectivity index (χ0n) is 11.7. The van der Waals surface area contributed by atoms with Crippen molar-refractivity contribution in [3.05, 3.63) is 18.2 Å². The number of thiazole rings is 1. The molecule has 2 heterocycles. The molecule has 0 bridgehead atoms. The van der Waals surface area contributed by atoms with Crippen LogP contribution in [0, 0.1) is 5.92 Å². The van der Waals surface area contributed by atoms with Gasteiger partial charge < -0.3 is 10.6 Å². The highest BCUT2D eigenvalue weighted by atomic mass is 32.1. The van der Waals surface area contributed by atoms with Crippen molar-refractivity contribution in [3.63, 3.8) is 0 Å². The van der Waals surface area contributed by atoms with Crippen LogP contribution in [-0.4, -0.2) is 17.6 Å². The molecule has 2 aromatic rings. The second kappa shape index (κ2) is 4.92. The number of nitrogens with two attached hydrogens (primary N) is 1. The van der Waals surface area contributed by atoms with E-state index in [-0.39, 0.29) is 0 Å². The third-order valence-corrected chi connectivity index (χ3v) is 5.95. The number of nitrogens with zero attached hydrogens (tertiary/aromatic N) is 2. The molecule has 1 saturated carbocycles. The molecule has 2 fully saturated rings. The second-order valence-electron chi connectivity index (χ2n) is 6.17. The van der Waals surface area contributed by atoms with Gasteiger partial charge in [0.15, 0.2) is 5.13 Å². The van der Waals surface area contributed by atoms with Crippen molar-refractivity contribution in [1.29, 1.82) is 0 Å². The summed E-state index contributed by atoms with van der Waals surface area (Å²) in [6.07, 6.45) is 8.34. The molecule has 3 nitrogen and oxygen atoms in total. The van der Waals surface area contributed by atoms with Crippen molar-refractivity contribution < 1.29 is 0 Å². The Hall–Kier alpha value is -1.29. The molecule has 4 heteroatoms. The fourth-order valence-electron chi connectivity index (χ4n) is 3.91. The molecule has 0 spiro atoms. The van der Waals surface area contributed by atoms with Crippen LogP contribution in [0.4, 0.5) is 10.8 Å². The monoisotopic (exact) mass is 287 g/mol. The fraction of sp³-hybridized carbons (Fsp3) is 0.562. The SMILES string of the molecule is Nc1ccc2nc(N3CCCC3C3CCCC3)sc2c1. The Labute approximate surface area is 123 Å². The Morgan fingerprint density at radius 2 is 2.00 bits per heavy atom. The summed E-state index contributed by atoms with van der Waals surface area (Å²) in [5.41, 5.74) is 7.81. The standard InChI is InChI=1S/C16H21N3S/c17-12-7-8-13-15(10-12)20-16(18-13)19-9-3-6-14(19)11-4-1-2-5-11/h7-8,10-11,14H,1-6,9,17H2. The van der Waals surface area contributed by atoms with Gasteiger partial charge in [0.2, 0.25) is 0 Å². The topological polar surface area (TPSA) is 42.1 Å². The zero-order valence-corrected chi connectivity index (χ0v) is 12.5. The Balaban J connectivity index is 1.66. The van der Waals surface area contributed by atoms with Gasteiger partial charge in [0, 0.05) is 18.3 Å². The first kappa shape index (κ1) is 12.5. The molecule has 1 aromatic heterocycles. The van der Waals surface area contributed by atoms with Crippen LogP contribution in [0.1, 0.15) is 38.5 Å². The van der Waals surface area contributed by atoms with Crippen molar-refractivity contribution in [2.24, 2.45) is 5.92 Å². The predicted octanol–water partition coefficient (Wildman–Crippen LogP) is 4.04. The molecule has 4 rings (SSSR count). The summed E-state index contributed by atoms with van der Waals surface area (Å²) in [6, 6.07) is 6.78. The van der Waals surface area contributed by atoms with Crippen LogP contribution < -0.4 is 10.6 Å². The maximum Gasteiger partial charge on any atom is 0.186 e. The first-order chi connectivity index (χ1) is 9.81. The van der Waals surface area contributed by atoms with Crippen LogP contribution in [0.3, 0.4) is 0 Å². The molecule has 1 aliphatic heterocycles. The summed E-state index contributed by atoms with van der Waals surface area (Å²) in [5.74, 6) is 0.898. The summed E-state index contributed by atoms with van der Waals surface area (Å²) in [4.78, 5) is 7.43. The molecule has 1 atom stereocenters. The van der Waals surface area contributed by atoms with Crippen molar-refractivity contribution in [2.45, 2.75) is 44.6 Å². The largest absolute Gasteiger partial charge is 0.399 e. The van der Waals surface area contributed by atoms with Gasteiger partial charge in [-0.05, 0) is 49.8 Å². The number of hydrogen-bond donors (Lipinski definition) is 1. The number of hydrogen-bond acceptors (Lipinski definition) is 4. The molecule has 0 radical (unpaired) electrons. The lowest BCUT2D eigenvalue weighted by atomic mass is 9.96. The summed E-state index contributed by atoms with van der Waals surface area (Å²) in [6.45, 7) is 1.18. The average molecular weight is 287 g/mol. The summed E-state index contributed by atoms with van der Waals surface area (Å²) in [7, 11) is 0. The maximum atomic E-state index is 5.88. The number of fused-ring (bicyclic) bond motifs is 1. The lowest BCUT2D eigenvalue weighted by molar-refractivity contribution is 0.430. The van der Waals surface area contributed by atoms with Gasteiger partial charge in [-0.15, -0.1) is 0 Å². The molecule has 1 aromatic carbocycles. The average Bonchev–Trinajstić information content (AvgIpc) is 3.17. The Morgan fingerprint density at radius 1 is 1.15 bits per heavy atom. The van der Waals surface area contributed by atoms with Gasteiger partial charge in [-0.3, -0.25) is 0 Å². The highest BCUT2D eigenvalue weighted by molar-refractivity contribution is 7.22. The van der Waals surface area contributed by atoms with E-state index in [0.29, 0.717) is 0 Å². The van der Waals surface area contributed by atoms with E-state index in [2.05, 4.69) is 11.0 Å². The van der Waals surface area contributed by atoms with Crippen LogP contribution in [0.5, 0.6) is 0 Å². The number of anilines is 2. The molecule has 2 aliphatic rings. The van der Waals surface area contributed by atoms with E-state index in [1.807, 2.05) is 12.1 Å². The van der Waals surface area contributed by atoms with Gasteiger partial charge in [0.1, 0.15) is 0 Å². The zero-order chi connectivity index (χ0) is 13.5. The number of nitrogen functional groups attached to an aromatic ring is 1. The van der Waals surface area contributed by atoms with Crippen molar-refractivity contribution in [3.8, 4) is 0 Å². The molecular weight excluding hydrogens is 266 g/mol. The molecule has 2 N–H and O–H groups in total. The second-order valence-corrected chi connectivity index (χ2v) is 7.18. The normalized spacial score (nSPS) is 24.0. The van der Waals surface area contributed by atoms with Crippen LogP contribution in [0.25, 0.3) is 10.2 Å². The van der Waals surface area contributed by atoms with E-state index in [9.17, 15) is 0 Å². The third-order valence-electron chi connectivity index (χ3n) is 4.89. The van der Waals surface area contributed by atoms with E-state index >= 15 is 0 Å². The molecule has 1 saturated heterocycles. The van der Waals surface area contributed by atoms with Crippen molar-refractivity contribution >= 4 is 32.4 Å². The summed E-state index contributed by atoms with van der Waals surface area (Å²) in [5, 5.41) is 1.21. The van der Waals surface area contributed by atoms with Gasteiger partial charge in [-0.2, -0.15) is 0 Å². The third kappa shape index (κ3) is 2.06. The van der Waals surface area contributed by atoms with Gasteiger partial charge in [-0.1, -0.05) is 24.2 Å². The Bertz CT molecular complexity index is 615. The number of aromatic nitrogens is 1. The van der Waals surface area contributed by atoms with Crippen molar-refractivity contribution in [1.82, 2.24) is 4.98 Å². The lowest BCUT2D eigenvalue weighted by Gasteiger charge is -2.28. The van der Waals surface area contributed by atoms with Crippen LogP contribution in [0.2, 0.25) is 0 Å². The highest BCUT2D eigenvalue weighted by Gasteiger charge is 2.34. The molecular formula is C16H21N3S. The van der Waals surface area contributed by atoms with E-state index in [1.165, 1.54) is 54.9 Å². The molecule has 106 valence electrons. The van der Waals surface area contributed by atoms with Crippen LogP contribution in [0.15, 0.2) is 18.2 Å². The van der Waals surface area contributed by atoms with Crippen LogP contribution >= 0.6 is 11.3 Å². The molecule has 1 unspecified atom stereocenters. The maximum absolute atomic E-state index is 5.88. The first-order valence-electron chi connectivity index (χ1n) is 7.74. The lowest BCUT2D eigenvalue weighted by Crippen LogP contribution is -2.34. The molecule has 20 heavy (non-hydrogen) atoms. The smallest absolute Gasteiger partial charge is 0.186 e. The van der Waals surface area contributed by atoms with E-state index < -0.39 is 0 Å². The fourth-order valence-corrected chi connectivity index (χ4v) is 5.01. The van der Waals surface area contributed by atoms with Crippen molar-refractivity contribution in [2.75, 3.05) is 17.2 Å². The first-order valence-corrected chi connectivity index (χ1v) is 8.55. The van der Waals surface area contributed by atoms with Gasteiger partial charge in [0.25, 0.3) is 0 Å².